The Bertz CT molecular complexity index is 560. The monoisotopic (exact) mass is 329 g/mol. The van der Waals surface area contributed by atoms with Crippen LogP contribution in [0.1, 0.15) is 57.1 Å². The molecule has 0 aromatic heterocycles. The average molecular weight is 329 g/mol. The minimum absolute atomic E-state index is 0.113. The van der Waals surface area contributed by atoms with Crippen LogP contribution in [-0.2, 0) is 14.9 Å². The first-order chi connectivity index (χ1) is 11.4. The molecule has 3 heteroatoms. The molecule has 2 aliphatic rings. The predicted molar refractivity (Wildman–Crippen MR) is 97.1 cm³/mol. The Hall–Kier alpha value is -1.35. The van der Waals surface area contributed by atoms with Crippen LogP contribution < -0.4 is 0 Å². The molecule has 0 bridgehead atoms. The zero-order valence-electron chi connectivity index (χ0n) is 15.4. The number of nitrogens with zero attached hydrogens (tertiary/aromatic N) is 1. The van der Waals surface area contributed by atoms with Crippen molar-refractivity contribution in [3.8, 4) is 0 Å². The van der Waals surface area contributed by atoms with Gasteiger partial charge < -0.3 is 9.64 Å². The van der Waals surface area contributed by atoms with Crippen LogP contribution in [-0.4, -0.2) is 37.1 Å². The van der Waals surface area contributed by atoms with E-state index >= 15 is 0 Å². The Morgan fingerprint density at radius 2 is 1.67 bits per heavy atom. The second kappa shape index (κ2) is 6.87. The highest BCUT2D eigenvalue weighted by Crippen LogP contribution is 2.41. The van der Waals surface area contributed by atoms with Crippen molar-refractivity contribution in [2.45, 2.75) is 58.3 Å². The lowest BCUT2D eigenvalue weighted by molar-refractivity contribution is -0.135. The van der Waals surface area contributed by atoms with Gasteiger partial charge in [0.15, 0.2) is 0 Å². The first kappa shape index (κ1) is 17.5. The van der Waals surface area contributed by atoms with Crippen LogP contribution in [0, 0.1) is 12.3 Å². The van der Waals surface area contributed by atoms with Gasteiger partial charge >= 0.3 is 0 Å². The first-order valence-electron chi connectivity index (χ1n) is 9.33. The summed E-state index contributed by atoms with van der Waals surface area (Å²) >= 11 is 0. The van der Waals surface area contributed by atoms with E-state index in [9.17, 15) is 4.79 Å². The third-order valence-corrected chi connectivity index (χ3v) is 6.16. The zero-order chi connectivity index (χ0) is 17.2. The summed E-state index contributed by atoms with van der Waals surface area (Å²) in [6.45, 7) is 10.1. The van der Waals surface area contributed by atoms with Gasteiger partial charge in [0.1, 0.15) is 0 Å². The maximum Gasteiger partial charge on any atom is 0.223 e. The first-order valence-corrected chi connectivity index (χ1v) is 9.33. The number of aryl methyl sites for hydroxylation is 1. The molecular weight excluding hydrogens is 298 g/mol. The van der Waals surface area contributed by atoms with E-state index in [0.29, 0.717) is 17.7 Å². The molecule has 0 atom stereocenters. The summed E-state index contributed by atoms with van der Waals surface area (Å²) < 4.78 is 5.51. The molecule has 0 saturated carbocycles. The van der Waals surface area contributed by atoms with Crippen LogP contribution in [0.4, 0.5) is 0 Å². The van der Waals surface area contributed by atoms with E-state index in [1.54, 1.807) is 0 Å². The number of hydrogen-bond acceptors (Lipinski definition) is 2. The molecule has 1 spiro atoms. The summed E-state index contributed by atoms with van der Waals surface area (Å²) in [6, 6.07) is 8.60. The van der Waals surface area contributed by atoms with Crippen molar-refractivity contribution in [3.05, 3.63) is 35.4 Å². The lowest BCUT2D eigenvalue weighted by Crippen LogP contribution is -2.46. The molecule has 1 aromatic rings. The number of hydrogen-bond donors (Lipinski definition) is 0. The van der Waals surface area contributed by atoms with Crippen molar-refractivity contribution in [1.29, 1.82) is 0 Å². The smallest absolute Gasteiger partial charge is 0.223 e. The highest BCUT2D eigenvalue weighted by atomic mass is 16.5. The van der Waals surface area contributed by atoms with E-state index in [4.69, 9.17) is 4.74 Å². The van der Waals surface area contributed by atoms with Gasteiger partial charge in [0.05, 0.1) is 0 Å². The zero-order valence-corrected chi connectivity index (χ0v) is 15.4. The fraction of sp³-hybridized carbons (Fsp3) is 0.667. The van der Waals surface area contributed by atoms with E-state index in [0.717, 1.165) is 39.1 Å². The Balaban J connectivity index is 1.58. The summed E-state index contributed by atoms with van der Waals surface area (Å²) in [7, 11) is 0. The van der Waals surface area contributed by atoms with Gasteiger partial charge in [-0.25, -0.2) is 0 Å². The number of piperidine rings is 1. The number of rotatable bonds is 3. The van der Waals surface area contributed by atoms with Crippen molar-refractivity contribution >= 4 is 5.91 Å². The predicted octanol–water partition coefficient (Wildman–Crippen LogP) is 4.08. The minimum Gasteiger partial charge on any atom is -0.381 e. The summed E-state index contributed by atoms with van der Waals surface area (Å²) in [5.74, 6) is 0.308. The van der Waals surface area contributed by atoms with Gasteiger partial charge in [0.2, 0.25) is 5.91 Å². The number of likely N-dealkylation sites (tertiary alicyclic amines) is 1. The van der Waals surface area contributed by atoms with Gasteiger partial charge in [-0.1, -0.05) is 43.7 Å². The summed E-state index contributed by atoms with van der Waals surface area (Å²) in [4.78, 5) is 14.9. The van der Waals surface area contributed by atoms with E-state index < -0.39 is 0 Å². The molecule has 0 unspecified atom stereocenters. The van der Waals surface area contributed by atoms with Gasteiger partial charge in [-0.3, -0.25) is 4.79 Å². The van der Waals surface area contributed by atoms with E-state index in [2.05, 4.69) is 49.9 Å². The highest BCUT2D eigenvalue weighted by molar-refractivity contribution is 5.77. The van der Waals surface area contributed by atoms with Gasteiger partial charge in [-0.2, -0.15) is 0 Å². The summed E-state index contributed by atoms with van der Waals surface area (Å²) in [5, 5.41) is 0. The normalized spacial score (nSPS) is 21.0. The average Bonchev–Trinajstić information content (AvgIpc) is 2.56. The third-order valence-electron chi connectivity index (χ3n) is 6.16. The molecule has 24 heavy (non-hydrogen) atoms. The van der Waals surface area contributed by atoms with Gasteiger partial charge in [0.25, 0.3) is 0 Å². The molecule has 0 aliphatic carbocycles. The van der Waals surface area contributed by atoms with Crippen LogP contribution in [0.2, 0.25) is 0 Å². The molecule has 0 radical (unpaired) electrons. The van der Waals surface area contributed by atoms with Crippen molar-refractivity contribution in [2.24, 2.45) is 5.41 Å². The van der Waals surface area contributed by atoms with Gasteiger partial charge in [-0.15, -0.1) is 0 Å². The topological polar surface area (TPSA) is 29.5 Å². The number of amides is 1. The van der Waals surface area contributed by atoms with Crippen molar-refractivity contribution in [1.82, 2.24) is 4.90 Å². The SMILES string of the molecule is Cc1ccc(C(C)(C)CC(=O)N2CCC3(CCOCC3)CC2)cc1. The van der Waals surface area contributed by atoms with Crippen LogP contribution >= 0.6 is 0 Å². The molecule has 0 N–H and O–H groups in total. The van der Waals surface area contributed by atoms with Crippen LogP contribution in [0.25, 0.3) is 0 Å². The largest absolute Gasteiger partial charge is 0.381 e. The number of carbonyl (C=O) groups excluding carboxylic acids is 1. The fourth-order valence-corrected chi connectivity index (χ4v) is 4.13. The van der Waals surface area contributed by atoms with Crippen molar-refractivity contribution in [2.75, 3.05) is 26.3 Å². The number of carbonyl (C=O) groups is 1. The molecule has 132 valence electrons. The van der Waals surface area contributed by atoms with E-state index in [1.165, 1.54) is 24.0 Å². The number of benzene rings is 1. The quantitative estimate of drug-likeness (QED) is 0.836. The van der Waals surface area contributed by atoms with Crippen molar-refractivity contribution < 1.29 is 9.53 Å². The molecule has 2 saturated heterocycles. The lowest BCUT2D eigenvalue weighted by atomic mass is 9.72. The molecule has 2 aliphatic heterocycles. The van der Waals surface area contributed by atoms with Crippen LogP contribution in [0.15, 0.2) is 24.3 Å². The molecule has 1 amide bonds. The second-order valence-electron chi connectivity index (χ2n) is 8.42. The van der Waals surface area contributed by atoms with Crippen LogP contribution in [0.3, 0.4) is 0 Å². The third kappa shape index (κ3) is 3.83. The Morgan fingerprint density at radius 3 is 2.25 bits per heavy atom. The minimum atomic E-state index is -0.113. The number of ether oxygens (including phenoxy) is 1. The van der Waals surface area contributed by atoms with Gasteiger partial charge in [-0.05, 0) is 49.0 Å². The van der Waals surface area contributed by atoms with E-state index in [-0.39, 0.29) is 5.41 Å². The lowest BCUT2D eigenvalue weighted by Gasteiger charge is -2.44. The Labute approximate surface area is 146 Å². The summed E-state index contributed by atoms with van der Waals surface area (Å²) in [6.07, 6.45) is 5.22. The molecule has 3 nitrogen and oxygen atoms in total. The maximum absolute atomic E-state index is 12.8. The maximum atomic E-state index is 12.8. The molecule has 1 aromatic carbocycles. The Morgan fingerprint density at radius 1 is 1.08 bits per heavy atom. The van der Waals surface area contributed by atoms with Crippen LogP contribution in [0.5, 0.6) is 0 Å². The van der Waals surface area contributed by atoms with E-state index in [1.807, 2.05) is 0 Å². The second-order valence-corrected chi connectivity index (χ2v) is 8.42. The van der Waals surface area contributed by atoms with Gasteiger partial charge in [0, 0.05) is 32.7 Å². The summed E-state index contributed by atoms with van der Waals surface area (Å²) in [5.41, 5.74) is 2.85. The fourth-order valence-electron chi connectivity index (χ4n) is 4.13. The van der Waals surface area contributed by atoms with Crippen molar-refractivity contribution in [3.63, 3.8) is 0 Å². The highest BCUT2D eigenvalue weighted by Gasteiger charge is 2.38. The Kier molecular flexibility index (Phi) is 5.00. The molecular formula is C21H31NO2. The standard InChI is InChI=1S/C21H31NO2/c1-17-4-6-18(7-5-17)20(2,3)16-19(23)22-12-8-21(9-13-22)10-14-24-15-11-21/h4-7H,8-16H2,1-3H3. The molecule has 3 rings (SSSR count). The molecule has 2 fully saturated rings. The molecule has 2 heterocycles.